The molecule has 1 fully saturated rings. The summed E-state index contributed by atoms with van der Waals surface area (Å²) in [5.74, 6) is 0. The van der Waals surface area contributed by atoms with Crippen LogP contribution in [0.15, 0.2) is 48.6 Å². The van der Waals surface area contributed by atoms with Crippen LogP contribution < -0.4 is 0 Å². The van der Waals surface area contributed by atoms with Crippen LogP contribution in [-0.2, 0) is 9.47 Å². The number of allylic oxidation sites excluding steroid dienone is 8. The van der Waals surface area contributed by atoms with E-state index in [1.165, 1.54) is 174 Å². The predicted octanol–water partition coefficient (Wildman–Crippen LogP) is 13.5. The zero-order chi connectivity index (χ0) is 33.6. The second-order valence-corrected chi connectivity index (χ2v) is 14.1. The van der Waals surface area contributed by atoms with Gasteiger partial charge in [0, 0.05) is 19.8 Å². The van der Waals surface area contributed by atoms with E-state index in [0.29, 0.717) is 0 Å². The van der Waals surface area contributed by atoms with Crippen molar-refractivity contribution in [2.24, 2.45) is 0 Å². The van der Waals surface area contributed by atoms with Gasteiger partial charge in [-0.25, -0.2) is 0 Å². The molecule has 274 valence electrons. The molecule has 0 amide bonds. The van der Waals surface area contributed by atoms with Gasteiger partial charge >= 0.3 is 0 Å². The molecular weight excluding hydrogens is 574 g/mol. The van der Waals surface area contributed by atoms with Crippen LogP contribution in [0.1, 0.15) is 187 Å². The van der Waals surface area contributed by atoms with E-state index in [9.17, 15) is 0 Å². The van der Waals surface area contributed by atoms with Crippen molar-refractivity contribution in [3.63, 3.8) is 0 Å². The van der Waals surface area contributed by atoms with Gasteiger partial charge in [0.25, 0.3) is 0 Å². The van der Waals surface area contributed by atoms with Crippen molar-refractivity contribution in [1.29, 1.82) is 0 Å². The fourth-order valence-corrected chi connectivity index (χ4v) is 6.29. The van der Waals surface area contributed by atoms with Crippen LogP contribution in [0.4, 0.5) is 0 Å². The molecule has 47 heavy (non-hydrogen) atoms. The Hall–Kier alpha value is -1.16. The Kier molecular flexibility index (Phi) is 35.1. The monoisotopic (exact) mass is 656 g/mol. The summed E-state index contributed by atoms with van der Waals surface area (Å²) in [7, 11) is 0. The Morgan fingerprint density at radius 3 is 1.40 bits per heavy atom. The van der Waals surface area contributed by atoms with E-state index in [-0.39, 0.29) is 6.10 Å². The number of ether oxygens (including phenoxy) is 2. The van der Waals surface area contributed by atoms with Crippen molar-refractivity contribution in [1.82, 2.24) is 4.90 Å². The molecule has 3 nitrogen and oxygen atoms in total. The highest BCUT2D eigenvalue weighted by molar-refractivity contribution is 4.93. The molecule has 1 atom stereocenters. The second-order valence-electron chi connectivity index (χ2n) is 14.1. The molecule has 0 spiro atoms. The Balaban J connectivity index is 1.99. The minimum Gasteiger partial charge on any atom is -0.379 e. The van der Waals surface area contributed by atoms with Crippen molar-refractivity contribution in [3.05, 3.63) is 48.6 Å². The summed E-state index contributed by atoms with van der Waals surface area (Å²) in [6.45, 7) is 10.8. The first-order valence-corrected chi connectivity index (χ1v) is 20.9. The molecule has 1 saturated heterocycles. The Morgan fingerprint density at radius 2 is 0.915 bits per heavy atom. The number of likely N-dealkylation sites (tertiary alicyclic amines) is 1. The lowest BCUT2D eigenvalue weighted by atomic mass is 10.1. The topological polar surface area (TPSA) is 21.7 Å². The van der Waals surface area contributed by atoms with E-state index in [1.54, 1.807) is 0 Å². The molecule has 0 aliphatic carbocycles. The van der Waals surface area contributed by atoms with Crippen LogP contribution in [0.5, 0.6) is 0 Å². The van der Waals surface area contributed by atoms with Gasteiger partial charge in [-0.2, -0.15) is 0 Å². The van der Waals surface area contributed by atoms with Crippen molar-refractivity contribution < 1.29 is 9.47 Å². The van der Waals surface area contributed by atoms with Crippen molar-refractivity contribution in [3.8, 4) is 0 Å². The molecule has 0 bridgehead atoms. The van der Waals surface area contributed by atoms with E-state index in [2.05, 4.69) is 67.4 Å². The van der Waals surface area contributed by atoms with Gasteiger partial charge < -0.3 is 14.4 Å². The summed E-state index contributed by atoms with van der Waals surface area (Å²) >= 11 is 0. The first-order chi connectivity index (χ1) is 23.4. The maximum atomic E-state index is 6.38. The zero-order valence-corrected chi connectivity index (χ0v) is 31.8. The predicted molar refractivity (Wildman–Crippen MR) is 210 cm³/mol. The van der Waals surface area contributed by atoms with Crippen LogP contribution in [0.3, 0.4) is 0 Å². The summed E-state index contributed by atoms with van der Waals surface area (Å²) in [6.07, 6.45) is 53.9. The summed E-state index contributed by atoms with van der Waals surface area (Å²) in [6, 6.07) is 0. The fraction of sp³-hybridized carbons (Fsp3) is 0.818. The summed E-state index contributed by atoms with van der Waals surface area (Å²) in [4.78, 5) is 2.61. The Labute approximate surface area is 295 Å². The fourth-order valence-electron chi connectivity index (χ4n) is 6.29. The first kappa shape index (κ1) is 43.9. The number of unbranched alkanes of at least 4 members (excludes halogenated alkanes) is 18. The molecule has 0 N–H and O–H groups in total. The Bertz CT molecular complexity index is 720. The minimum atomic E-state index is 0.262. The average molecular weight is 656 g/mol. The molecule has 0 radical (unpaired) electrons. The third kappa shape index (κ3) is 33.1. The third-order valence-electron chi connectivity index (χ3n) is 9.46. The van der Waals surface area contributed by atoms with Crippen molar-refractivity contribution in [2.75, 3.05) is 39.5 Å². The van der Waals surface area contributed by atoms with Crippen molar-refractivity contribution in [2.45, 2.75) is 193 Å². The standard InChI is InChI=1S/C44H81NO2/c1-3-5-7-9-11-13-15-17-19-21-23-25-27-29-31-35-41-46-43-44(37-40-45-38-33-34-39-45)47-42-36-32-30-28-26-24-22-20-18-16-14-12-10-8-6-4-2/h11-14,17-20,44H,3-10,15-16,21-43H2,1-2H3. The molecule has 0 aromatic rings. The van der Waals surface area contributed by atoms with Gasteiger partial charge in [-0.15, -0.1) is 0 Å². The van der Waals surface area contributed by atoms with Crippen LogP contribution in [0.25, 0.3) is 0 Å². The van der Waals surface area contributed by atoms with E-state index in [4.69, 9.17) is 9.47 Å². The summed E-state index contributed by atoms with van der Waals surface area (Å²) in [5, 5.41) is 0. The molecule has 0 saturated carbocycles. The molecule has 1 aliphatic rings. The SMILES string of the molecule is CCCCCC=CCC=CCCCCCCCCOCC(CCN1CCCC1)OCCCCCCCCC=CCC=CCCCCC. The molecule has 1 rings (SSSR count). The highest BCUT2D eigenvalue weighted by Gasteiger charge is 2.15. The number of nitrogens with zero attached hydrogens (tertiary/aromatic N) is 1. The third-order valence-corrected chi connectivity index (χ3v) is 9.46. The lowest BCUT2D eigenvalue weighted by molar-refractivity contribution is -0.0255. The Morgan fingerprint density at radius 1 is 0.489 bits per heavy atom. The van der Waals surface area contributed by atoms with Gasteiger partial charge in [0.2, 0.25) is 0 Å². The number of hydrogen-bond acceptors (Lipinski definition) is 3. The van der Waals surface area contributed by atoms with Gasteiger partial charge in [0.05, 0.1) is 12.7 Å². The van der Waals surface area contributed by atoms with Crippen LogP contribution >= 0.6 is 0 Å². The van der Waals surface area contributed by atoms with Crippen LogP contribution in [-0.4, -0.2) is 50.5 Å². The molecule has 1 heterocycles. The highest BCUT2D eigenvalue weighted by atomic mass is 16.5. The van der Waals surface area contributed by atoms with E-state index in [1.807, 2.05) is 0 Å². The quantitative estimate of drug-likeness (QED) is 0.0495. The van der Waals surface area contributed by atoms with Gasteiger partial charge in [-0.05, 0) is 109 Å². The minimum absolute atomic E-state index is 0.262. The maximum absolute atomic E-state index is 6.38. The molecule has 3 heteroatoms. The van der Waals surface area contributed by atoms with Gasteiger partial charge in [-0.1, -0.05) is 140 Å². The number of hydrogen-bond donors (Lipinski definition) is 0. The van der Waals surface area contributed by atoms with Crippen LogP contribution in [0.2, 0.25) is 0 Å². The largest absolute Gasteiger partial charge is 0.379 e. The van der Waals surface area contributed by atoms with Gasteiger partial charge in [-0.3, -0.25) is 0 Å². The lowest BCUT2D eigenvalue weighted by Crippen LogP contribution is -2.28. The first-order valence-electron chi connectivity index (χ1n) is 20.9. The van der Waals surface area contributed by atoms with Gasteiger partial charge in [0.15, 0.2) is 0 Å². The normalized spacial score (nSPS) is 15.1. The summed E-state index contributed by atoms with van der Waals surface area (Å²) < 4.78 is 12.5. The van der Waals surface area contributed by atoms with E-state index >= 15 is 0 Å². The molecule has 1 unspecified atom stereocenters. The lowest BCUT2D eigenvalue weighted by Gasteiger charge is -2.22. The number of rotatable bonds is 36. The second kappa shape index (κ2) is 37.7. The van der Waals surface area contributed by atoms with Gasteiger partial charge in [0.1, 0.15) is 0 Å². The molecule has 0 aromatic heterocycles. The zero-order valence-electron chi connectivity index (χ0n) is 31.8. The van der Waals surface area contributed by atoms with E-state index < -0.39 is 0 Å². The highest BCUT2D eigenvalue weighted by Crippen LogP contribution is 2.13. The molecular formula is C44H81NO2. The maximum Gasteiger partial charge on any atom is 0.0820 e. The summed E-state index contributed by atoms with van der Waals surface area (Å²) in [5.41, 5.74) is 0. The average Bonchev–Trinajstić information content (AvgIpc) is 3.61. The van der Waals surface area contributed by atoms with Crippen LogP contribution in [0, 0.1) is 0 Å². The van der Waals surface area contributed by atoms with Crippen molar-refractivity contribution >= 4 is 0 Å². The molecule has 1 aliphatic heterocycles. The smallest absolute Gasteiger partial charge is 0.0820 e. The molecule has 0 aromatic carbocycles. The van der Waals surface area contributed by atoms with E-state index in [0.717, 1.165) is 39.1 Å².